The van der Waals surface area contributed by atoms with Gasteiger partial charge >= 0.3 is 0 Å². The standard InChI is InChI=1S/C17H26N2O2/c1-4-13-7-5-6-8-15(13)21-16-11(2)9-14(10-12(16)3)17(18)19-20/h9-10,13,15,20H,4-8H2,1-3H3,(H2,18,19). The molecule has 4 nitrogen and oxygen atoms in total. The number of aryl methyl sites for hydroxylation is 2. The van der Waals surface area contributed by atoms with Crippen molar-refractivity contribution in [3.8, 4) is 5.75 Å². The van der Waals surface area contributed by atoms with Gasteiger partial charge in [-0.1, -0.05) is 18.5 Å². The summed E-state index contributed by atoms with van der Waals surface area (Å²) in [5.41, 5.74) is 8.48. The molecule has 1 aliphatic rings. The Kier molecular flexibility index (Phi) is 5.10. The van der Waals surface area contributed by atoms with Crippen LogP contribution in [-0.4, -0.2) is 17.1 Å². The van der Waals surface area contributed by atoms with Crippen molar-refractivity contribution in [1.29, 1.82) is 0 Å². The fourth-order valence-corrected chi connectivity index (χ4v) is 3.29. The summed E-state index contributed by atoms with van der Waals surface area (Å²) in [7, 11) is 0. The first-order valence-electron chi connectivity index (χ1n) is 7.82. The highest BCUT2D eigenvalue weighted by Crippen LogP contribution is 2.33. The second-order valence-corrected chi connectivity index (χ2v) is 6.03. The molecule has 0 aliphatic heterocycles. The highest BCUT2D eigenvalue weighted by Gasteiger charge is 2.26. The maximum atomic E-state index is 8.80. The van der Waals surface area contributed by atoms with Crippen LogP contribution < -0.4 is 10.5 Å². The number of nitrogens with zero attached hydrogens (tertiary/aromatic N) is 1. The van der Waals surface area contributed by atoms with Gasteiger partial charge in [0.2, 0.25) is 0 Å². The topological polar surface area (TPSA) is 67.8 Å². The number of benzene rings is 1. The Hall–Kier alpha value is -1.71. The predicted molar refractivity (Wildman–Crippen MR) is 85.1 cm³/mol. The van der Waals surface area contributed by atoms with Crippen molar-refractivity contribution in [1.82, 2.24) is 0 Å². The smallest absolute Gasteiger partial charge is 0.170 e. The van der Waals surface area contributed by atoms with E-state index in [2.05, 4.69) is 12.1 Å². The summed E-state index contributed by atoms with van der Waals surface area (Å²) in [5.74, 6) is 1.74. The van der Waals surface area contributed by atoms with Crippen LogP contribution in [0.3, 0.4) is 0 Å². The quantitative estimate of drug-likeness (QED) is 0.384. The van der Waals surface area contributed by atoms with Crippen molar-refractivity contribution >= 4 is 5.84 Å². The van der Waals surface area contributed by atoms with Crippen LogP contribution in [0.1, 0.15) is 55.7 Å². The molecule has 116 valence electrons. The number of hydrogen-bond donors (Lipinski definition) is 2. The minimum absolute atomic E-state index is 0.136. The number of oxime groups is 1. The largest absolute Gasteiger partial charge is 0.490 e. The molecule has 1 saturated carbocycles. The molecule has 0 spiro atoms. The van der Waals surface area contributed by atoms with Crippen LogP contribution in [0.15, 0.2) is 17.3 Å². The lowest BCUT2D eigenvalue weighted by Gasteiger charge is -2.32. The van der Waals surface area contributed by atoms with Crippen molar-refractivity contribution < 1.29 is 9.94 Å². The highest BCUT2D eigenvalue weighted by atomic mass is 16.5. The van der Waals surface area contributed by atoms with Gasteiger partial charge in [-0.25, -0.2) is 0 Å². The van der Waals surface area contributed by atoms with Gasteiger partial charge in [0.1, 0.15) is 11.9 Å². The number of nitrogens with two attached hydrogens (primary N) is 1. The van der Waals surface area contributed by atoms with Crippen LogP contribution in [0.4, 0.5) is 0 Å². The Morgan fingerprint density at radius 2 is 1.90 bits per heavy atom. The van der Waals surface area contributed by atoms with Crippen molar-refractivity contribution in [2.45, 2.75) is 59.0 Å². The van der Waals surface area contributed by atoms with Gasteiger partial charge in [0, 0.05) is 5.56 Å². The van der Waals surface area contributed by atoms with Gasteiger partial charge in [-0.15, -0.1) is 0 Å². The van der Waals surface area contributed by atoms with E-state index in [9.17, 15) is 0 Å². The SMILES string of the molecule is CCC1CCCCC1Oc1c(C)cc(C(N)=NO)cc1C. The summed E-state index contributed by atoms with van der Waals surface area (Å²) < 4.78 is 6.35. The van der Waals surface area contributed by atoms with Crippen LogP contribution in [0.25, 0.3) is 0 Å². The van der Waals surface area contributed by atoms with Crippen molar-refractivity contribution in [3.63, 3.8) is 0 Å². The van der Waals surface area contributed by atoms with Gasteiger partial charge < -0.3 is 15.7 Å². The van der Waals surface area contributed by atoms with Gasteiger partial charge in [-0.05, 0) is 68.7 Å². The summed E-state index contributed by atoms with van der Waals surface area (Å²) in [4.78, 5) is 0. The molecule has 1 aromatic rings. The van der Waals surface area contributed by atoms with E-state index >= 15 is 0 Å². The molecular weight excluding hydrogens is 264 g/mol. The lowest BCUT2D eigenvalue weighted by Crippen LogP contribution is -2.30. The van der Waals surface area contributed by atoms with Gasteiger partial charge in [0.15, 0.2) is 5.84 Å². The molecular formula is C17H26N2O2. The molecule has 21 heavy (non-hydrogen) atoms. The average molecular weight is 290 g/mol. The van der Waals surface area contributed by atoms with E-state index in [1.807, 2.05) is 26.0 Å². The lowest BCUT2D eigenvalue weighted by atomic mass is 9.84. The van der Waals surface area contributed by atoms with Gasteiger partial charge in [-0.2, -0.15) is 0 Å². The Morgan fingerprint density at radius 1 is 1.29 bits per heavy atom. The second kappa shape index (κ2) is 6.83. The molecule has 0 saturated heterocycles. The number of hydrogen-bond acceptors (Lipinski definition) is 3. The second-order valence-electron chi connectivity index (χ2n) is 6.03. The van der Waals surface area contributed by atoms with E-state index in [-0.39, 0.29) is 5.84 Å². The van der Waals surface area contributed by atoms with E-state index in [0.29, 0.717) is 12.0 Å². The molecule has 2 atom stereocenters. The Morgan fingerprint density at radius 3 is 2.48 bits per heavy atom. The minimum atomic E-state index is 0.136. The molecule has 3 N–H and O–H groups in total. The van der Waals surface area contributed by atoms with Crippen LogP contribution in [0.2, 0.25) is 0 Å². The van der Waals surface area contributed by atoms with Crippen molar-refractivity contribution in [2.75, 3.05) is 0 Å². The molecule has 0 radical (unpaired) electrons. The van der Waals surface area contributed by atoms with E-state index in [1.54, 1.807) is 0 Å². The molecule has 0 aromatic heterocycles. The fraction of sp³-hybridized carbons (Fsp3) is 0.588. The predicted octanol–water partition coefficient (Wildman–Crippen LogP) is 3.75. The third kappa shape index (κ3) is 3.49. The first-order chi connectivity index (χ1) is 10.1. The molecule has 0 bridgehead atoms. The van der Waals surface area contributed by atoms with Gasteiger partial charge in [-0.3, -0.25) is 0 Å². The molecule has 0 amide bonds. The summed E-state index contributed by atoms with van der Waals surface area (Å²) in [5, 5.41) is 11.9. The number of ether oxygens (including phenoxy) is 1. The zero-order valence-electron chi connectivity index (χ0n) is 13.2. The molecule has 1 aliphatic carbocycles. The van der Waals surface area contributed by atoms with E-state index in [0.717, 1.165) is 28.9 Å². The molecule has 2 rings (SSSR count). The molecule has 1 aromatic carbocycles. The number of amidine groups is 1. The van der Waals surface area contributed by atoms with Gasteiger partial charge in [0.25, 0.3) is 0 Å². The zero-order valence-corrected chi connectivity index (χ0v) is 13.2. The summed E-state index contributed by atoms with van der Waals surface area (Å²) >= 11 is 0. The van der Waals surface area contributed by atoms with E-state index in [4.69, 9.17) is 15.7 Å². The molecule has 1 fully saturated rings. The fourth-order valence-electron chi connectivity index (χ4n) is 3.29. The van der Waals surface area contributed by atoms with E-state index in [1.165, 1.54) is 25.7 Å². The average Bonchev–Trinajstić information content (AvgIpc) is 2.50. The Bertz CT molecular complexity index is 503. The molecule has 0 heterocycles. The maximum absolute atomic E-state index is 8.80. The summed E-state index contributed by atoms with van der Waals surface area (Å²) in [6.45, 7) is 6.27. The first-order valence-corrected chi connectivity index (χ1v) is 7.82. The van der Waals surface area contributed by atoms with Crippen molar-refractivity contribution in [3.05, 3.63) is 28.8 Å². The van der Waals surface area contributed by atoms with Crippen LogP contribution in [-0.2, 0) is 0 Å². The zero-order chi connectivity index (χ0) is 15.4. The normalized spacial score (nSPS) is 23.1. The summed E-state index contributed by atoms with van der Waals surface area (Å²) in [6, 6.07) is 3.84. The van der Waals surface area contributed by atoms with Crippen LogP contribution in [0, 0.1) is 19.8 Å². The van der Waals surface area contributed by atoms with Crippen LogP contribution in [0.5, 0.6) is 5.75 Å². The first kappa shape index (κ1) is 15.7. The number of rotatable bonds is 4. The molecule has 2 unspecified atom stereocenters. The lowest BCUT2D eigenvalue weighted by molar-refractivity contribution is 0.0890. The molecule has 4 heteroatoms. The highest BCUT2D eigenvalue weighted by molar-refractivity contribution is 5.97. The third-order valence-corrected chi connectivity index (χ3v) is 4.50. The maximum Gasteiger partial charge on any atom is 0.170 e. The van der Waals surface area contributed by atoms with E-state index < -0.39 is 0 Å². The van der Waals surface area contributed by atoms with Crippen molar-refractivity contribution in [2.24, 2.45) is 16.8 Å². The van der Waals surface area contributed by atoms with Crippen LogP contribution >= 0.6 is 0 Å². The Balaban J connectivity index is 2.24. The van der Waals surface area contributed by atoms with Gasteiger partial charge in [0.05, 0.1) is 0 Å². The summed E-state index contributed by atoms with van der Waals surface area (Å²) in [6.07, 6.45) is 6.46. The third-order valence-electron chi connectivity index (χ3n) is 4.50. The Labute approximate surface area is 127 Å². The minimum Gasteiger partial charge on any atom is -0.490 e. The monoisotopic (exact) mass is 290 g/mol.